The molecule has 2 saturated carbocycles. The predicted octanol–water partition coefficient (Wildman–Crippen LogP) is 6.86. The van der Waals surface area contributed by atoms with Crippen LogP contribution in [0.1, 0.15) is 83.6 Å². The van der Waals surface area contributed by atoms with Gasteiger partial charge in [-0.25, -0.2) is 8.78 Å². The number of hydrogen-bond acceptors (Lipinski definition) is 1. The first-order chi connectivity index (χ1) is 12.1. The van der Waals surface area contributed by atoms with Crippen LogP contribution in [0.3, 0.4) is 0 Å². The van der Waals surface area contributed by atoms with E-state index < -0.39 is 11.6 Å². The van der Waals surface area contributed by atoms with Crippen molar-refractivity contribution >= 4 is 0 Å². The van der Waals surface area contributed by atoms with E-state index in [1.807, 2.05) is 13.8 Å². The molecule has 3 rings (SSSR count). The van der Waals surface area contributed by atoms with Crippen molar-refractivity contribution in [2.24, 2.45) is 11.8 Å². The van der Waals surface area contributed by atoms with Crippen molar-refractivity contribution in [2.75, 3.05) is 6.61 Å². The molecule has 0 aliphatic heterocycles. The number of hydrogen-bond donors (Lipinski definition) is 0. The van der Waals surface area contributed by atoms with Crippen LogP contribution < -0.4 is 0 Å². The van der Waals surface area contributed by atoms with Gasteiger partial charge in [0, 0.05) is 6.61 Å². The highest BCUT2D eigenvalue weighted by atomic mass is 19.2. The van der Waals surface area contributed by atoms with E-state index in [2.05, 4.69) is 6.92 Å². The Morgan fingerprint density at radius 3 is 2.12 bits per heavy atom. The van der Waals surface area contributed by atoms with Crippen molar-refractivity contribution in [3.8, 4) is 0 Å². The Balaban J connectivity index is 0.00000109. The van der Waals surface area contributed by atoms with Crippen molar-refractivity contribution in [1.29, 1.82) is 0 Å². The molecular weight excluding hydrogens is 318 g/mol. The smallest absolute Gasteiger partial charge is 0.159 e. The van der Waals surface area contributed by atoms with Gasteiger partial charge in [-0.3, -0.25) is 0 Å². The fourth-order valence-corrected chi connectivity index (χ4v) is 4.10. The van der Waals surface area contributed by atoms with Crippen LogP contribution in [0.4, 0.5) is 8.78 Å². The van der Waals surface area contributed by atoms with Crippen molar-refractivity contribution < 1.29 is 13.5 Å². The molecule has 0 heterocycles. The van der Waals surface area contributed by atoms with E-state index in [0.717, 1.165) is 49.7 Å². The number of benzene rings is 1. The third-order valence-corrected chi connectivity index (χ3v) is 5.79. The normalized spacial score (nSPS) is 29.6. The van der Waals surface area contributed by atoms with Crippen LogP contribution in [-0.2, 0) is 4.74 Å². The number of rotatable bonds is 4. The second-order valence-corrected chi connectivity index (χ2v) is 7.61. The number of halogens is 2. The maximum Gasteiger partial charge on any atom is 0.159 e. The summed E-state index contributed by atoms with van der Waals surface area (Å²) in [5, 5.41) is 0. The SMILES string of the molecule is CC.CC1CCC(COC2CCC(c3ccc(F)c(F)c3)CC2)CC1. The van der Waals surface area contributed by atoms with Gasteiger partial charge in [-0.1, -0.05) is 39.7 Å². The summed E-state index contributed by atoms with van der Waals surface area (Å²) in [4.78, 5) is 0. The highest BCUT2D eigenvalue weighted by Crippen LogP contribution is 2.35. The first-order valence-corrected chi connectivity index (χ1v) is 10.2. The van der Waals surface area contributed by atoms with Gasteiger partial charge >= 0.3 is 0 Å². The van der Waals surface area contributed by atoms with Gasteiger partial charge in [-0.15, -0.1) is 0 Å². The van der Waals surface area contributed by atoms with Gasteiger partial charge in [0.15, 0.2) is 11.6 Å². The molecule has 3 heteroatoms. The molecule has 0 saturated heterocycles. The molecule has 0 bridgehead atoms. The predicted molar refractivity (Wildman–Crippen MR) is 99.8 cm³/mol. The van der Waals surface area contributed by atoms with Gasteiger partial charge in [-0.05, 0) is 74.0 Å². The lowest BCUT2D eigenvalue weighted by Gasteiger charge is -2.31. The number of ether oxygens (including phenoxy) is 1. The van der Waals surface area contributed by atoms with Crippen LogP contribution in [-0.4, -0.2) is 12.7 Å². The molecule has 0 unspecified atom stereocenters. The van der Waals surface area contributed by atoms with Crippen LogP contribution in [0.25, 0.3) is 0 Å². The Labute approximate surface area is 152 Å². The summed E-state index contributed by atoms with van der Waals surface area (Å²) in [6.07, 6.45) is 9.76. The van der Waals surface area contributed by atoms with Gasteiger partial charge in [-0.2, -0.15) is 0 Å². The molecule has 2 aliphatic carbocycles. The Morgan fingerprint density at radius 1 is 0.880 bits per heavy atom. The second kappa shape index (κ2) is 10.3. The zero-order valence-corrected chi connectivity index (χ0v) is 16.1. The van der Waals surface area contributed by atoms with Crippen LogP contribution in [0.2, 0.25) is 0 Å². The molecule has 0 aromatic heterocycles. The summed E-state index contributed by atoms with van der Waals surface area (Å²) < 4.78 is 32.6. The molecule has 1 aromatic rings. The lowest BCUT2D eigenvalue weighted by atomic mass is 9.82. The maximum absolute atomic E-state index is 13.4. The van der Waals surface area contributed by atoms with Gasteiger partial charge < -0.3 is 4.74 Å². The van der Waals surface area contributed by atoms with Crippen molar-refractivity contribution in [3.05, 3.63) is 35.4 Å². The minimum atomic E-state index is -0.757. The Hall–Kier alpha value is -0.960. The molecule has 25 heavy (non-hydrogen) atoms. The van der Waals surface area contributed by atoms with Crippen molar-refractivity contribution in [1.82, 2.24) is 0 Å². The zero-order chi connectivity index (χ0) is 18.2. The van der Waals surface area contributed by atoms with Gasteiger partial charge in [0.05, 0.1) is 6.10 Å². The molecule has 2 aliphatic rings. The van der Waals surface area contributed by atoms with E-state index in [4.69, 9.17) is 4.74 Å². The lowest BCUT2D eigenvalue weighted by molar-refractivity contribution is -0.00405. The summed E-state index contributed by atoms with van der Waals surface area (Å²) in [7, 11) is 0. The molecule has 0 amide bonds. The highest BCUT2D eigenvalue weighted by Gasteiger charge is 2.25. The average Bonchev–Trinajstić information content (AvgIpc) is 2.66. The van der Waals surface area contributed by atoms with Gasteiger partial charge in [0.25, 0.3) is 0 Å². The van der Waals surface area contributed by atoms with Crippen molar-refractivity contribution in [2.45, 2.75) is 84.2 Å². The molecule has 2 fully saturated rings. The maximum atomic E-state index is 13.4. The molecular formula is C22H34F2O. The lowest BCUT2D eigenvalue weighted by Crippen LogP contribution is -2.25. The van der Waals surface area contributed by atoms with Crippen LogP contribution >= 0.6 is 0 Å². The second-order valence-electron chi connectivity index (χ2n) is 7.61. The summed E-state index contributed by atoms with van der Waals surface area (Å²) in [6, 6.07) is 4.34. The first-order valence-electron chi connectivity index (χ1n) is 10.2. The van der Waals surface area contributed by atoms with E-state index >= 15 is 0 Å². The third-order valence-electron chi connectivity index (χ3n) is 5.79. The zero-order valence-electron chi connectivity index (χ0n) is 16.1. The van der Waals surface area contributed by atoms with E-state index in [1.165, 1.54) is 37.8 Å². The Kier molecular flexibility index (Phi) is 8.35. The summed E-state index contributed by atoms with van der Waals surface area (Å²) in [5.41, 5.74) is 0.934. The first kappa shape index (κ1) is 20.4. The fourth-order valence-electron chi connectivity index (χ4n) is 4.10. The van der Waals surface area contributed by atoms with Gasteiger partial charge in [0.2, 0.25) is 0 Å². The Bertz CT molecular complexity index is 501. The monoisotopic (exact) mass is 352 g/mol. The van der Waals surface area contributed by atoms with E-state index in [-0.39, 0.29) is 0 Å². The third kappa shape index (κ3) is 6.06. The van der Waals surface area contributed by atoms with Crippen LogP contribution in [0.5, 0.6) is 0 Å². The van der Waals surface area contributed by atoms with Gasteiger partial charge in [0.1, 0.15) is 0 Å². The molecule has 0 radical (unpaired) electrons. The molecule has 0 N–H and O–H groups in total. The van der Waals surface area contributed by atoms with Crippen LogP contribution in [0, 0.1) is 23.5 Å². The summed E-state index contributed by atoms with van der Waals surface area (Å²) >= 11 is 0. The molecule has 0 atom stereocenters. The minimum Gasteiger partial charge on any atom is -0.378 e. The van der Waals surface area contributed by atoms with E-state index in [0.29, 0.717) is 12.0 Å². The molecule has 1 nitrogen and oxygen atoms in total. The quantitative estimate of drug-likeness (QED) is 0.575. The molecule has 142 valence electrons. The van der Waals surface area contributed by atoms with Crippen LogP contribution in [0.15, 0.2) is 18.2 Å². The average molecular weight is 353 g/mol. The fraction of sp³-hybridized carbons (Fsp3) is 0.727. The Morgan fingerprint density at radius 2 is 1.52 bits per heavy atom. The molecule has 1 aromatic carbocycles. The minimum absolute atomic E-state index is 0.348. The largest absolute Gasteiger partial charge is 0.378 e. The summed E-state index contributed by atoms with van der Waals surface area (Å²) in [6.45, 7) is 7.25. The van der Waals surface area contributed by atoms with E-state index in [9.17, 15) is 8.78 Å². The highest BCUT2D eigenvalue weighted by molar-refractivity contribution is 5.22. The topological polar surface area (TPSA) is 9.23 Å². The van der Waals surface area contributed by atoms with E-state index in [1.54, 1.807) is 6.07 Å². The van der Waals surface area contributed by atoms with Crippen molar-refractivity contribution in [3.63, 3.8) is 0 Å². The summed E-state index contributed by atoms with van der Waals surface area (Å²) in [5.74, 6) is 0.494. The molecule has 0 spiro atoms. The standard InChI is InChI=1S/C20H28F2O.C2H6/c1-14-2-4-15(5-3-14)13-23-18-9-6-16(7-10-18)17-8-11-19(21)20(22)12-17;1-2/h8,11-12,14-16,18H,2-7,9-10,13H2,1H3;1-2H3.